The molecule has 194 valence electrons. The van der Waals surface area contributed by atoms with E-state index < -0.39 is 27.0 Å². The largest absolute Gasteiger partial charge is 0.360 e. The summed E-state index contributed by atoms with van der Waals surface area (Å²) in [5.41, 5.74) is 1.27. The lowest BCUT2D eigenvalue weighted by atomic mass is 10.1. The monoisotopic (exact) mass is 552 g/mol. The van der Waals surface area contributed by atoms with Crippen molar-refractivity contribution in [2.24, 2.45) is 0 Å². The van der Waals surface area contributed by atoms with Gasteiger partial charge in [-0.2, -0.15) is 0 Å². The third-order valence-electron chi connectivity index (χ3n) is 4.51. The Bertz CT molecular complexity index is 1320. The van der Waals surface area contributed by atoms with Crippen LogP contribution < -0.4 is 20.7 Å². The molecule has 36 heavy (non-hydrogen) atoms. The van der Waals surface area contributed by atoms with Gasteiger partial charge in [0.05, 0.1) is 9.79 Å². The summed E-state index contributed by atoms with van der Waals surface area (Å²) in [6.45, 7) is 6.64. The van der Waals surface area contributed by atoms with Crippen LogP contribution in [-0.2, 0) is 30.7 Å². The maximum Gasteiger partial charge on any atom is 0.264 e. The fraction of sp³-hybridized carbons (Fsp3) is 0.261. The highest BCUT2D eigenvalue weighted by Crippen LogP contribution is 2.25. The van der Waals surface area contributed by atoms with Gasteiger partial charge in [0, 0.05) is 30.8 Å². The molecule has 0 aliphatic rings. The number of carbonyl (C=O) groups is 2. The zero-order valence-corrected chi connectivity index (χ0v) is 22.6. The Morgan fingerprint density at radius 1 is 1.06 bits per heavy atom. The average molecular weight is 553 g/mol. The third kappa shape index (κ3) is 8.52. The van der Waals surface area contributed by atoms with Crippen LogP contribution in [0.2, 0.25) is 0 Å². The number of hydrogen-bond acceptors (Lipinski definition) is 6. The van der Waals surface area contributed by atoms with Gasteiger partial charge in [-0.1, -0.05) is 31.2 Å². The van der Waals surface area contributed by atoms with Crippen LogP contribution >= 0.6 is 12.2 Å². The molecule has 0 saturated carbocycles. The minimum atomic E-state index is -4.25. The van der Waals surface area contributed by atoms with E-state index in [9.17, 15) is 26.8 Å². The molecule has 0 heterocycles. The lowest BCUT2D eigenvalue weighted by Crippen LogP contribution is -2.34. The molecular formula is C23H28N4O6S3. The summed E-state index contributed by atoms with van der Waals surface area (Å²) in [6, 6.07) is 8.94. The van der Waals surface area contributed by atoms with Crippen molar-refractivity contribution in [3.05, 3.63) is 47.5 Å². The van der Waals surface area contributed by atoms with Gasteiger partial charge in [0.15, 0.2) is 16.2 Å². The SMILES string of the molecule is CCC(=O)NS(=O)(=O)c1cc(NC(=S)NC(C)C)ccc1/C=C/c1ccc(NC(C)=O)cc1S(=O)O. The normalized spacial score (nSPS) is 12.3. The van der Waals surface area contributed by atoms with E-state index in [4.69, 9.17) is 12.2 Å². The molecule has 1 unspecified atom stereocenters. The summed E-state index contributed by atoms with van der Waals surface area (Å²) in [7, 11) is -4.25. The Morgan fingerprint density at radius 3 is 2.19 bits per heavy atom. The molecule has 1 atom stereocenters. The topological polar surface area (TPSA) is 154 Å². The van der Waals surface area contributed by atoms with Gasteiger partial charge in [0.25, 0.3) is 10.0 Å². The van der Waals surface area contributed by atoms with E-state index in [1.54, 1.807) is 12.1 Å². The number of rotatable bonds is 9. The van der Waals surface area contributed by atoms with Crippen molar-refractivity contribution in [2.45, 2.75) is 49.9 Å². The molecule has 5 N–H and O–H groups in total. The predicted octanol–water partition coefficient (Wildman–Crippen LogP) is 3.31. The van der Waals surface area contributed by atoms with Crippen LogP contribution in [0.1, 0.15) is 45.2 Å². The van der Waals surface area contributed by atoms with Crippen LogP contribution in [0.3, 0.4) is 0 Å². The van der Waals surface area contributed by atoms with E-state index in [-0.39, 0.29) is 33.7 Å². The molecule has 0 radical (unpaired) electrons. The third-order valence-corrected chi connectivity index (χ3v) is 6.89. The van der Waals surface area contributed by atoms with Crippen LogP contribution in [0.5, 0.6) is 0 Å². The Balaban J connectivity index is 2.53. The Kier molecular flexibility index (Phi) is 10.3. The second-order valence-corrected chi connectivity index (χ2v) is 10.9. The van der Waals surface area contributed by atoms with Crippen LogP contribution in [0, 0.1) is 0 Å². The summed E-state index contributed by atoms with van der Waals surface area (Å²) in [6.07, 6.45) is 2.88. The second-order valence-electron chi connectivity index (χ2n) is 7.90. The van der Waals surface area contributed by atoms with Gasteiger partial charge in [-0.25, -0.2) is 17.3 Å². The molecular weight excluding hydrogens is 524 g/mol. The van der Waals surface area contributed by atoms with E-state index in [1.165, 1.54) is 50.3 Å². The van der Waals surface area contributed by atoms with Gasteiger partial charge in [-0.15, -0.1) is 0 Å². The standard InChI is InChI=1S/C23H28N4O6S3/c1-5-22(29)27-36(32,33)21-13-19(26-23(34)24-14(2)3)11-9-17(21)7-6-16-8-10-18(25-15(4)28)12-20(16)35(30)31/h6-14H,5H2,1-4H3,(H,25,28)(H,27,29)(H,30,31)(H2,24,26,34)/b7-6+. The predicted molar refractivity (Wildman–Crippen MR) is 145 cm³/mol. The van der Waals surface area contributed by atoms with Gasteiger partial charge in [0.2, 0.25) is 11.8 Å². The minimum Gasteiger partial charge on any atom is -0.360 e. The molecule has 13 heteroatoms. The summed E-state index contributed by atoms with van der Waals surface area (Å²) >= 11 is 2.85. The van der Waals surface area contributed by atoms with Crippen molar-refractivity contribution in [3.8, 4) is 0 Å². The Morgan fingerprint density at radius 2 is 1.64 bits per heavy atom. The zero-order valence-electron chi connectivity index (χ0n) is 20.1. The Labute approximate surface area is 218 Å². The highest BCUT2D eigenvalue weighted by Gasteiger charge is 2.21. The number of hydrogen-bond donors (Lipinski definition) is 5. The van der Waals surface area contributed by atoms with Gasteiger partial charge < -0.3 is 20.5 Å². The first-order valence-electron chi connectivity index (χ1n) is 10.8. The van der Waals surface area contributed by atoms with Gasteiger partial charge in [-0.3, -0.25) is 9.59 Å². The minimum absolute atomic E-state index is 0.0181. The summed E-state index contributed by atoms with van der Waals surface area (Å²) < 4.78 is 49.6. The first-order chi connectivity index (χ1) is 16.8. The molecule has 0 aliphatic carbocycles. The molecule has 0 spiro atoms. The lowest BCUT2D eigenvalue weighted by molar-refractivity contribution is -0.119. The molecule has 0 fully saturated rings. The number of nitrogens with one attached hydrogen (secondary N) is 4. The van der Waals surface area contributed by atoms with E-state index in [2.05, 4.69) is 16.0 Å². The van der Waals surface area contributed by atoms with Gasteiger partial charge in [0.1, 0.15) is 0 Å². The maximum atomic E-state index is 13.0. The van der Waals surface area contributed by atoms with Crippen molar-refractivity contribution in [1.82, 2.24) is 10.0 Å². The van der Waals surface area contributed by atoms with Crippen LogP contribution in [-0.4, -0.2) is 40.1 Å². The summed E-state index contributed by atoms with van der Waals surface area (Å²) in [5, 5.41) is 8.74. The van der Waals surface area contributed by atoms with E-state index in [0.29, 0.717) is 22.1 Å². The number of carbonyl (C=O) groups excluding carboxylic acids is 2. The average Bonchev–Trinajstić information content (AvgIpc) is 2.77. The molecule has 0 saturated heterocycles. The number of anilines is 2. The molecule has 0 bridgehead atoms. The first-order valence-corrected chi connectivity index (χ1v) is 13.8. The first kappa shape index (κ1) is 29.1. The van der Waals surface area contributed by atoms with Crippen molar-refractivity contribution in [1.29, 1.82) is 0 Å². The fourth-order valence-corrected chi connectivity index (χ4v) is 5.17. The number of thiocarbonyl (C=S) groups is 1. The quantitative estimate of drug-likeness (QED) is 0.179. The lowest BCUT2D eigenvalue weighted by Gasteiger charge is -2.15. The second kappa shape index (κ2) is 12.7. The van der Waals surface area contributed by atoms with Crippen LogP contribution in [0.25, 0.3) is 12.2 Å². The molecule has 2 rings (SSSR count). The molecule has 2 aromatic carbocycles. The van der Waals surface area contributed by atoms with Crippen LogP contribution in [0.4, 0.5) is 11.4 Å². The number of amides is 2. The van der Waals surface area contributed by atoms with Gasteiger partial charge >= 0.3 is 0 Å². The molecule has 2 aromatic rings. The Hall–Kier alpha value is -3.13. The molecule has 0 aliphatic heterocycles. The van der Waals surface area contributed by atoms with E-state index >= 15 is 0 Å². The highest BCUT2D eigenvalue weighted by atomic mass is 32.2. The fourth-order valence-electron chi connectivity index (χ4n) is 2.97. The van der Waals surface area contributed by atoms with Crippen molar-refractivity contribution < 1.29 is 26.8 Å². The van der Waals surface area contributed by atoms with Crippen molar-refractivity contribution in [2.75, 3.05) is 10.6 Å². The summed E-state index contributed by atoms with van der Waals surface area (Å²) in [5.74, 6) is -1.01. The summed E-state index contributed by atoms with van der Waals surface area (Å²) in [4.78, 5) is 23.0. The maximum absolute atomic E-state index is 13.0. The molecule has 2 amide bonds. The molecule has 0 aromatic heterocycles. The van der Waals surface area contributed by atoms with Gasteiger partial charge in [-0.05, 0) is 61.5 Å². The van der Waals surface area contributed by atoms with E-state index in [1.807, 2.05) is 18.6 Å². The van der Waals surface area contributed by atoms with Crippen molar-refractivity contribution in [3.63, 3.8) is 0 Å². The molecule has 10 nitrogen and oxygen atoms in total. The van der Waals surface area contributed by atoms with Crippen molar-refractivity contribution >= 4 is 73.8 Å². The smallest absolute Gasteiger partial charge is 0.264 e. The highest BCUT2D eigenvalue weighted by molar-refractivity contribution is 7.90. The number of benzene rings is 2. The van der Waals surface area contributed by atoms with Crippen LogP contribution in [0.15, 0.2) is 46.2 Å². The zero-order chi connectivity index (χ0) is 27.0. The van der Waals surface area contributed by atoms with E-state index in [0.717, 1.165) is 0 Å². The number of sulfonamides is 1.